The molecule has 1 aliphatic rings. The Hall–Kier alpha value is -1.24. The van der Waals surface area contributed by atoms with Gasteiger partial charge in [0.2, 0.25) is 5.91 Å². The predicted molar refractivity (Wildman–Crippen MR) is 68.6 cm³/mol. The van der Waals surface area contributed by atoms with Gasteiger partial charge in [0, 0.05) is 6.54 Å². The zero-order valence-electron chi connectivity index (χ0n) is 10.7. The summed E-state index contributed by atoms with van der Waals surface area (Å²) in [5, 5.41) is -0.403. The van der Waals surface area contributed by atoms with Crippen molar-refractivity contribution in [1.29, 1.82) is 0 Å². The van der Waals surface area contributed by atoms with E-state index in [9.17, 15) is 22.4 Å². The quantitative estimate of drug-likeness (QED) is 0.791. The van der Waals surface area contributed by atoms with E-state index in [1.807, 2.05) is 6.92 Å². The molecule has 1 heterocycles. The number of carbonyl (C=O) groups is 1. The molecule has 0 bridgehead atoms. The van der Waals surface area contributed by atoms with E-state index < -0.39 is 22.9 Å². The van der Waals surface area contributed by atoms with Crippen LogP contribution in [-0.2, 0) is 11.0 Å². The third kappa shape index (κ3) is 2.92. The second-order valence-electron chi connectivity index (χ2n) is 4.49. The van der Waals surface area contributed by atoms with Crippen molar-refractivity contribution in [3.05, 3.63) is 35.1 Å². The zero-order valence-corrected chi connectivity index (χ0v) is 11.5. The Balaban J connectivity index is 2.30. The maximum atomic E-state index is 13.6. The van der Waals surface area contributed by atoms with Crippen LogP contribution in [0.4, 0.5) is 17.6 Å². The van der Waals surface area contributed by atoms with Gasteiger partial charge in [0.1, 0.15) is 11.2 Å². The molecule has 1 aromatic carbocycles. The molecule has 110 valence electrons. The van der Waals surface area contributed by atoms with Crippen molar-refractivity contribution in [2.45, 2.75) is 24.9 Å². The average Bonchev–Trinajstić information content (AvgIpc) is 2.70. The van der Waals surface area contributed by atoms with Crippen molar-refractivity contribution in [2.75, 3.05) is 12.3 Å². The van der Waals surface area contributed by atoms with E-state index in [0.29, 0.717) is 12.1 Å². The van der Waals surface area contributed by atoms with Crippen LogP contribution in [-0.4, -0.2) is 23.1 Å². The van der Waals surface area contributed by atoms with Crippen LogP contribution in [0.5, 0.6) is 0 Å². The van der Waals surface area contributed by atoms with E-state index in [-0.39, 0.29) is 11.7 Å². The highest BCUT2D eigenvalue weighted by atomic mass is 32.2. The lowest BCUT2D eigenvalue weighted by Gasteiger charge is -2.24. The van der Waals surface area contributed by atoms with Crippen molar-refractivity contribution in [1.82, 2.24) is 4.90 Å². The molecule has 7 heteroatoms. The molecule has 1 saturated heterocycles. The average molecular weight is 307 g/mol. The number of hydrogen-bond donors (Lipinski definition) is 0. The minimum atomic E-state index is -4.70. The van der Waals surface area contributed by atoms with E-state index in [2.05, 4.69) is 0 Å². The molecule has 0 aliphatic carbocycles. The Morgan fingerprint density at radius 3 is 2.65 bits per heavy atom. The smallest absolute Gasteiger partial charge is 0.326 e. The molecule has 2 nitrogen and oxygen atoms in total. The Labute approximate surface area is 118 Å². The molecule has 20 heavy (non-hydrogen) atoms. The Kier molecular flexibility index (Phi) is 4.27. The van der Waals surface area contributed by atoms with Crippen molar-refractivity contribution in [3.63, 3.8) is 0 Å². The standard InChI is InChI=1S/C13H13F4NOS/c1-2-5-18-11(19)7-20-12(18)8-3-4-9(10(14)6-8)13(15,16)17/h3-4,6,12H,2,5,7H2,1H3. The van der Waals surface area contributed by atoms with E-state index in [4.69, 9.17) is 0 Å². The molecule has 1 amide bonds. The van der Waals surface area contributed by atoms with Gasteiger partial charge in [-0.15, -0.1) is 11.8 Å². The van der Waals surface area contributed by atoms with Gasteiger partial charge in [0.05, 0.1) is 11.3 Å². The number of benzene rings is 1. The minimum Gasteiger partial charge on any atom is -0.326 e. The topological polar surface area (TPSA) is 20.3 Å². The van der Waals surface area contributed by atoms with Crippen molar-refractivity contribution in [3.8, 4) is 0 Å². The van der Waals surface area contributed by atoms with E-state index in [1.165, 1.54) is 17.8 Å². The first-order valence-electron chi connectivity index (χ1n) is 6.12. The number of halogens is 4. The van der Waals surface area contributed by atoms with Gasteiger partial charge in [0.25, 0.3) is 0 Å². The number of hydrogen-bond acceptors (Lipinski definition) is 2. The molecular weight excluding hydrogens is 294 g/mol. The molecule has 1 fully saturated rings. The Morgan fingerprint density at radius 2 is 2.10 bits per heavy atom. The molecule has 1 aromatic rings. The summed E-state index contributed by atoms with van der Waals surface area (Å²) >= 11 is 1.30. The first-order chi connectivity index (χ1) is 9.34. The lowest BCUT2D eigenvalue weighted by atomic mass is 10.1. The first kappa shape index (κ1) is 15.2. The van der Waals surface area contributed by atoms with Crippen molar-refractivity contribution in [2.24, 2.45) is 0 Å². The summed E-state index contributed by atoms with van der Waals surface area (Å²) in [5.41, 5.74) is -0.891. The third-order valence-electron chi connectivity index (χ3n) is 3.02. The second kappa shape index (κ2) is 5.63. The first-order valence-corrected chi connectivity index (χ1v) is 7.17. The van der Waals surface area contributed by atoms with E-state index in [1.54, 1.807) is 4.90 Å². The minimum absolute atomic E-state index is 0.0674. The van der Waals surface area contributed by atoms with Gasteiger partial charge in [-0.25, -0.2) is 4.39 Å². The summed E-state index contributed by atoms with van der Waals surface area (Å²) in [4.78, 5) is 13.3. The maximum Gasteiger partial charge on any atom is 0.419 e. The highest BCUT2D eigenvalue weighted by Crippen LogP contribution is 2.40. The van der Waals surface area contributed by atoms with Crippen molar-refractivity contribution < 1.29 is 22.4 Å². The van der Waals surface area contributed by atoms with E-state index >= 15 is 0 Å². The van der Waals surface area contributed by atoms with Gasteiger partial charge < -0.3 is 4.90 Å². The van der Waals surface area contributed by atoms with Gasteiger partial charge in [0.15, 0.2) is 0 Å². The van der Waals surface area contributed by atoms with Gasteiger partial charge >= 0.3 is 6.18 Å². The van der Waals surface area contributed by atoms with Crippen LogP contribution in [0.15, 0.2) is 18.2 Å². The molecule has 0 radical (unpaired) electrons. The lowest BCUT2D eigenvalue weighted by molar-refractivity contribution is -0.140. The molecule has 0 spiro atoms. The second-order valence-corrected chi connectivity index (χ2v) is 5.56. The van der Waals surface area contributed by atoms with Crippen LogP contribution in [0, 0.1) is 5.82 Å². The van der Waals surface area contributed by atoms with Crippen LogP contribution >= 0.6 is 11.8 Å². The molecule has 1 unspecified atom stereocenters. The monoisotopic (exact) mass is 307 g/mol. The molecular formula is C13H13F4NOS. The molecule has 0 aromatic heterocycles. The number of amides is 1. The molecule has 0 N–H and O–H groups in total. The van der Waals surface area contributed by atoms with Gasteiger partial charge in [-0.2, -0.15) is 13.2 Å². The van der Waals surface area contributed by atoms with Gasteiger partial charge in [-0.05, 0) is 24.1 Å². The van der Waals surface area contributed by atoms with E-state index in [0.717, 1.165) is 18.6 Å². The Bertz CT molecular complexity index is 518. The van der Waals surface area contributed by atoms with Crippen molar-refractivity contribution >= 4 is 17.7 Å². The lowest BCUT2D eigenvalue weighted by Crippen LogP contribution is -2.29. The fourth-order valence-electron chi connectivity index (χ4n) is 2.13. The summed E-state index contributed by atoms with van der Waals surface area (Å²) in [5.74, 6) is -1.10. The molecule has 1 atom stereocenters. The predicted octanol–water partition coefficient (Wildman–Crippen LogP) is 3.83. The zero-order chi connectivity index (χ0) is 14.9. The fraction of sp³-hybridized carbons (Fsp3) is 0.462. The third-order valence-corrected chi connectivity index (χ3v) is 4.27. The highest BCUT2D eigenvalue weighted by Gasteiger charge is 2.36. The number of nitrogens with zero attached hydrogens (tertiary/aromatic N) is 1. The Morgan fingerprint density at radius 1 is 1.40 bits per heavy atom. The fourth-order valence-corrected chi connectivity index (χ4v) is 3.34. The number of rotatable bonds is 3. The SMILES string of the molecule is CCCN1C(=O)CSC1c1ccc(C(F)(F)F)c(F)c1. The maximum absolute atomic E-state index is 13.6. The number of thioether (sulfide) groups is 1. The summed E-state index contributed by atoms with van der Waals surface area (Å²) < 4.78 is 51.1. The van der Waals surface area contributed by atoms with Gasteiger partial charge in [-0.3, -0.25) is 4.79 Å². The van der Waals surface area contributed by atoms with Crippen LogP contribution in [0.1, 0.15) is 29.8 Å². The van der Waals surface area contributed by atoms with Crippen LogP contribution in [0.2, 0.25) is 0 Å². The largest absolute Gasteiger partial charge is 0.419 e. The van der Waals surface area contributed by atoms with Crippen LogP contribution < -0.4 is 0 Å². The van der Waals surface area contributed by atoms with Crippen LogP contribution in [0.3, 0.4) is 0 Å². The highest BCUT2D eigenvalue weighted by molar-refractivity contribution is 8.00. The molecule has 1 aliphatic heterocycles. The summed E-state index contributed by atoms with van der Waals surface area (Å²) in [6.07, 6.45) is -3.96. The molecule has 2 rings (SSSR count). The summed E-state index contributed by atoms with van der Waals surface area (Å²) in [7, 11) is 0. The molecule has 0 saturated carbocycles. The van der Waals surface area contributed by atoms with Crippen LogP contribution in [0.25, 0.3) is 0 Å². The summed E-state index contributed by atoms with van der Waals surface area (Å²) in [6.45, 7) is 2.42. The number of carbonyl (C=O) groups excluding carboxylic acids is 1. The normalized spacial score (nSPS) is 19.8. The number of alkyl halides is 3. The summed E-state index contributed by atoms with van der Waals surface area (Å²) in [6, 6.07) is 2.85. The van der Waals surface area contributed by atoms with Gasteiger partial charge in [-0.1, -0.05) is 13.0 Å².